The Morgan fingerprint density at radius 3 is 2.25 bits per heavy atom. The van der Waals surface area contributed by atoms with Crippen LogP contribution < -0.4 is 0 Å². The molecule has 3 heteroatoms. The maximum atomic E-state index is 13.8. The second-order valence-electron chi connectivity index (χ2n) is 3.57. The van der Waals surface area contributed by atoms with E-state index in [0.29, 0.717) is 0 Å². The van der Waals surface area contributed by atoms with Crippen LogP contribution in [0.2, 0.25) is 0 Å². The van der Waals surface area contributed by atoms with E-state index in [2.05, 4.69) is 0 Å². The lowest BCUT2D eigenvalue weighted by Gasteiger charge is -2.23. The average Bonchev–Trinajstić information content (AvgIpc) is 2.30. The zero-order valence-corrected chi connectivity index (χ0v) is 7.81. The van der Waals surface area contributed by atoms with Crippen LogP contribution in [0.3, 0.4) is 0 Å². The Balaban J connectivity index is 2.76. The van der Waals surface area contributed by atoms with Crippen molar-refractivity contribution in [3.8, 4) is 0 Å². The molecule has 72 valence electrons. The molecule has 1 rings (SSSR count). The van der Waals surface area contributed by atoms with E-state index in [9.17, 15) is 8.78 Å². The normalized spacial score (nSPS) is 48.2. The van der Waals surface area contributed by atoms with Gasteiger partial charge >= 0.3 is 0 Å². The lowest BCUT2D eigenvalue weighted by molar-refractivity contribution is -0.00229. The fourth-order valence-electron chi connectivity index (χ4n) is 1.85. The minimum Gasteiger partial charge on any atom is -0.371 e. The van der Waals surface area contributed by atoms with E-state index in [4.69, 9.17) is 4.74 Å². The molecule has 0 aromatic rings. The Hall–Kier alpha value is -0.180. The summed E-state index contributed by atoms with van der Waals surface area (Å²) in [5, 5.41) is 0. The van der Waals surface area contributed by atoms with Crippen molar-refractivity contribution >= 4 is 0 Å². The van der Waals surface area contributed by atoms with Gasteiger partial charge < -0.3 is 4.74 Å². The van der Waals surface area contributed by atoms with Gasteiger partial charge in [0.15, 0.2) is 5.67 Å². The van der Waals surface area contributed by atoms with E-state index in [-0.39, 0.29) is 12.0 Å². The number of alkyl halides is 2. The summed E-state index contributed by atoms with van der Waals surface area (Å²) in [6.07, 6.45) is 0.0141. The van der Waals surface area contributed by atoms with Crippen LogP contribution in [0.1, 0.15) is 27.2 Å². The molecule has 1 aliphatic rings. The summed E-state index contributed by atoms with van der Waals surface area (Å²) >= 11 is 0. The molecule has 0 saturated carbocycles. The molecule has 1 heterocycles. The second-order valence-corrected chi connectivity index (χ2v) is 3.57. The highest BCUT2D eigenvalue weighted by atomic mass is 19.2. The van der Waals surface area contributed by atoms with Crippen LogP contribution in [-0.4, -0.2) is 24.6 Å². The quantitative estimate of drug-likeness (QED) is 0.631. The second kappa shape index (κ2) is 3.29. The minimum absolute atomic E-state index is 0.124. The van der Waals surface area contributed by atoms with E-state index >= 15 is 0 Å². The fraction of sp³-hybridized carbons (Fsp3) is 1.00. The molecule has 1 aliphatic heterocycles. The standard InChI is InChI=1S/C9H16F2O/c1-4-8-6(2)9(11,5-10)7(3)12-8/h6-8H,4-5H2,1-3H3/t6-,7-,8+,9?/m0/s1. The topological polar surface area (TPSA) is 9.23 Å². The fourth-order valence-corrected chi connectivity index (χ4v) is 1.85. The predicted molar refractivity (Wildman–Crippen MR) is 43.6 cm³/mol. The Bertz CT molecular complexity index is 163. The number of halogens is 2. The summed E-state index contributed by atoms with van der Waals surface area (Å²) in [4.78, 5) is 0. The van der Waals surface area contributed by atoms with Gasteiger partial charge in [-0.3, -0.25) is 0 Å². The van der Waals surface area contributed by atoms with Gasteiger partial charge in [0.2, 0.25) is 0 Å². The highest BCUT2D eigenvalue weighted by molar-refractivity contribution is 4.99. The maximum Gasteiger partial charge on any atom is 0.169 e. The van der Waals surface area contributed by atoms with Crippen molar-refractivity contribution in [2.45, 2.75) is 45.1 Å². The lowest BCUT2D eigenvalue weighted by atomic mass is 9.86. The van der Waals surface area contributed by atoms with Gasteiger partial charge in [-0.2, -0.15) is 0 Å². The van der Waals surface area contributed by atoms with Crippen LogP contribution in [0.15, 0.2) is 0 Å². The van der Waals surface area contributed by atoms with Gasteiger partial charge in [-0.05, 0) is 13.3 Å². The molecule has 0 aliphatic carbocycles. The lowest BCUT2D eigenvalue weighted by Crippen LogP contribution is -2.39. The summed E-state index contributed by atoms with van der Waals surface area (Å²) in [6.45, 7) is 4.31. The Morgan fingerprint density at radius 2 is 2.00 bits per heavy atom. The number of rotatable bonds is 2. The summed E-state index contributed by atoms with van der Waals surface area (Å²) in [6, 6.07) is 0. The zero-order chi connectivity index (χ0) is 9.35. The van der Waals surface area contributed by atoms with E-state index in [1.807, 2.05) is 6.92 Å². The number of ether oxygens (including phenoxy) is 1. The molecule has 1 fully saturated rings. The van der Waals surface area contributed by atoms with Crippen LogP contribution >= 0.6 is 0 Å². The Kier molecular flexibility index (Phi) is 2.71. The molecule has 0 N–H and O–H groups in total. The molecule has 0 aromatic carbocycles. The summed E-state index contributed by atoms with van der Waals surface area (Å²) in [7, 11) is 0. The zero-order valence-electron chi connectivity index (χ0n) is 7.81. The van der Waals surface area contributed by atoms with Crippen molar-refractivity contribution in [3.05, 3.63) is 0 Å². The molecule has 0 aromatic heterocycles. The first-order valence-electron chi connectivity index (χ1n) is 4.46. The molecular formula is C9H16F2O. The highest BCUT2D eigenvalue weighted by Gasteiger charge is 2.52. The predicted octanol–water partition coefficient (Wildman–Crippen LogP) is 2.50. The van der Waals surface area contributed by atoms with Gasteiger partial charge in [-0.25, -0.2) is 8.78 Å². The van der Waals surface area contributed by atoms with Crippen molar-refractivity contribution in [2.24, 2.45) is 5.92 Å². The van der Waals surface area contributed by atoms with Crippen molar-refractivity contribution < 1.29 is 13.5 Å². The van der Waals surface area contributed by atoms with Crippen molar-refractivity contribution in [2.75, 3.05) is 6.67 Å². The first-order chi connectivity index (χ1) is 5.56. The largest absolute Gasteiger partial charge is 0.371 e. The van der Waals surface area contributed by atoms with Gasteiger partial charge in [-0.15, -0.1) is 0 Å². The van der Waals surface area contributed by atoms with E-state index in [1.165, 1.54) is 0 Å². The highest BCUT2D eigenvalue weighted by Crippen LogP contribution is 2.40. The van der Waals surface area contributed by atoms with Gasteiger partial charge in [0.05, 0.1) is 12.2 Å². The summed E-state index contributed by atoms with van der Waals surface area (Å²) in [5.41, 5.74) is -1.76. The smallest absolute Gasteiger partial charge is 0.169 e. The molecule has 12 heavy (non-hydrogen) atoms. The molecule has 0 amide bonds. The first kappa shape index (κ1) is 9.90. The van der Waals surface area contributed by atoms with Crippen LogP contribution in [0.25, 0.3) is 0 Å². The molecule has 1 nitrogen and oxygen atoms in total. The van der Waals surface area contributed by atoms with E-state index in [0.717, 1.165) is 6.42 Å². The Morgan fingerprint density at radius 1 is 1.42 bits per heavy atom. The van der Waals surface area contributed by atoms with Crippen molar-refractivity contribution in [1.82, 2.24) is 0 Å². The Labute approximate surface area is 72.1 Å². The van der Waals surface area contributed by atoms with Crippen molar-refractivity contribution in [1.29, 1.82) is 0 Å². The maximum absolute atomic E-state index is 13.8. The number of hydrogen-bond acceptors (Lipinski definition) is 1. The average molecular weight is 178 g/mol. The SMILES string of the molecule is CC[C@H]1O[C@@H](C)C(F)(CF)[C@H]1C. The third kappa shape index (κ3) is 1.24. The van der Waals surface area contributed by atoms with Gasteiger partial charge in [-0.1, -0.05) is 13.8 Å². The molecule has 0 bridgehead atoms. The molecule has 0 radical (unpaired) electrons. The van der Waals surface area contributed by atoms with Crippen LogP contribution in [0.4, 0.5) is 8.78 Å². The molecule has 1 unspecified atom stereocenters. The third-order valence-corrected chi connectivity index (χ3v) is 2.98. The molecular weight excluding hydrogens is 162 g/mol. The summed E-state index contributed by atoms with van der Waals surface area (Å²) in [5.74, 6) is -0.331. The van der Waals surface area contributed by atoms with Gasteiger partial charge in [0.25, 0.3) is 0 Å². The molecule has 0 spiro atoms. The summed E-state index contributed by atoms with van der Waals surface area (Å²) < 4.78 is 31.5. The first-order valence-corrected chi connectivity index (χ1v) is 4.46. The van der Waals surface area contributed by atoms with Crippen molar-refractivity contribution in [3.63, 3.8) is 0 Å². The molecule has 4 atom stereocenters. The number of hydrogen-bond donors (Lipinski definition) is 0. The third-order valence-electron chi connectivity index (χ3n) is 2.98. The molecule has 1 saturated heterocycles. The van der Waals surface area contributed by atoms with Crippen LogP contribution in [0.5, 0.6) is 0 Å². The minimum atomic E-state index is -1.76. The monoisotopic (exact) mass is 178 g/mol. The van der Waals surface area contributed by atoms with E-state index in [1.54, 1.807) is 13.8 Å². The van der Waals surface area contributed by atoms with Gasteiger partial charge in [0, 0.05) is 5.92 Å². The van der Waals surface area contributed by atoms with Gasteiger partial charge in [0.1, 0.15) is 6.67 Å². The van der Waals surface area contributed by atoms with Crippen LogP contribution in [-0.2, 0) is 4.74 Å². The van der Waals surface area contributed by atoms with E-state index < -0.39 is 18.4 Å². The van der Waals surface area contributed by atoms with Crippen LogP contribution in [0, 0.1) is 5.92 Å².